The van der Waals surface area contributed by atoms with Crippen molar-refractivity contribution in [3.63, 3.8) is 0 Å². The molecule has 6 nitrogen and oxygen atoms in total. The first kappa shape index (κ1) is 17.7. The van der Waals surface area contributed by atoms with Gasteiger partial charge in [-0.2, -0.15) is 0 Å². The number of fused-ring (bicyclic) bond motifs is 1. The Morgan fingerprint density at radius 1 is 1.15 bits per heavy atom. The van der Waals surface area contributed by atoms with E-state index in [4.69, 9.17) is 16.3 Å². The van der Waals surface area contributed by atoms with E-state index in [-0.39, 0.29) is 5.56 Å². The predicted octanol–water partition coefficient (Wildman–Crippen LogP) is 3.29. The van der Waals surface area contributed by atoms with Crippen LogP contribution in [0.3, 0.4) is 0 Å². The van der Waals surface area contributed by atoms with Crippen LogP contribution in [0.2, 0.25) is 5.02 Å². The number of esters is 1. The smallest absolute Gasteiger partial charge is 0.339 e. The van der Waals surface area contributed by atoms with Crippen molar-refractivity contribution < 1.29 is 14.3 Å². The van der Waals surface area contributed by atoms with Crippen molar-refractivity contribution in [1.29, 1.82) is 0 Å². The topological polar surface area (TPSA) is 88.3 Å². The van der Waals surface area contributed by atoms with E-state index < -0.39 is 24.0 Å². The van der Waals surface area contributed by atoms with E-state index in [1.165, 1.54) is 0 Å². The highest BCUT2D eigenvalue weighted by Crippen LogP contribution is 2.22. The molecule has 0 fully saturated rings. The summed E-state index contributed by atoms with van der Waals surface area (Å²) in [7, 11) is 0. The van der Waals surface area contributed by atoms with Crippen molar-refractivity contribution in [3.8, 4) is 0 Å². The molecule has 0 aliphatic heterocycles. The zero-order chi connectivity index (χ0) is 18.7. The van der Waals surface area contributed by atoms with Gasteiger partial charge in [0.05, 0.1) is 16.3 Å². The van der Waals surface area contributed by atoms with Crippen LogP contribution in [0.25, 0.3) is 10.9 Å². The second kappa shape index (κ2) is 7.41. The Bertz CT molecular complexity index is 1060. The van der Waals surface area contributed by atoms with Gasteiger partial charge in [-0.15, -0.1) is 0 Å². The van der Waals surface area contributed by atoms with E-state index in [1.54, 1.807) is 42.5 Å². The van der Waals surface area contributed by atoms with Crippen LogP contribution in [0.1, 0.15) is 15.9 Å². The second-order valence-corrected chi connectivity index (χ2v) is 6.11. The third-order valence-corrected chi connectivity index (χ3v) is 4.02. The Morgan fingerprint density at radius 2 is 1.92 bits per heavy atom. The number of ether oxygens (including phenoxy) is 1. The number of pyridine rings is 1. The summed E-state index contributed by atoms with van der Waals surface area (Å²) < 4.78 is 5.04. The number of hydrogen-bond donors (Lipinski definition) is 2. The van der Waals surface area contributed by atoms with Gasteiger partial charge in [0.2, 0.25) is 5.56 Å². The van der Waals surface area contributed by atoms with Crippen molar-refractivity contribution in [2.45, 2.75) is 6.92 Å². The molecule has 3 aromatic rings. The van der Waals surface area contributed by atoms with Crippen molar-refractivity contribution >= 4 is 40.1 Å². The van der Waals surface area contributed by atoms with E-state index in [2.05, 4.69) is 10.3 Å². The molecule has 1 aromatic heterocycles. The average molecular weight is 371 g/mol. The average Bonchev–Trinajstić information content (AvgIpc) is 2.61. The number of para-hydroxylation sites is 1. The molecule has 1 heterocycles. The van der Waals surface area contributed by atoms with Gasteiger partial charge in [0, 0.05) is 17.0 Å². The molecular formula is C19H15ClN2O4. The Balaban J connectivity index is 1.71. The number of nitrogens with one attached hydrogen (secondary N) is 2. The van der Waals surface area contributed by atoms with E-state index in [0.29, 0.717) is 21.6 Å². The minimum atomic E-state index is -0.752. The number of H-pyrrole nitrogens is 1. The number of rotatable bonds is 4. The van der Waals surface area contributed by atoms with E-state index >= 15 is 0 Å². The summed E-state index contributed by atoms with van der Waals surface area (Å²) in [5.74, 6) is -1.28. The zero-order valence-corrected chi connectivity index (χ0v) is 14.6. The monoisotopic (exact) mass is 370 g/mol. The Hall–Kier alpha value is -3.12. The van der Waals surface area contributed by atoms with Gasteiger partial charge in [-0.1, -0.05) is 35.9 Å². The number of anilines is 1. The minimum absolute atomic E-state index is 0.102. The number of amides is 1. The van der Waals surface area contributed by atoms with E-state index in [1.807, 2.05) is 6.92 Å². The molecule has 0 aliphatic carbocycles. The van der Waals surface area contributed by atoms with Crippen LogP contribution in [0.15, 0.2) is 53.3 Å². The largest absolute Gasteiger partial charge is 0.452 e. The molecule has 132 valence electrons. The maximum Gasteiger partial charge on any atom is 0.339 e. The molecule has 0 aliphatic rings. The lowest BCUT2D eigenvalue weighted by Crippen LogP contribution is -2.22. The molecule has 0 spiro atoms. The van der Waals surface area contributed by atoms with E-state index in [0.717, 1.165) is 11.6 Å². The highest BCUT2D eigenvalue weighted by Gasteiger charge is 2.15. The molecule has 26 heavy (non-hydrogen) atoms. The normalized spacial score (nSPS) is 10.5. The van der Waals surface area contributed by atoms with E-state index in [9.17, 15) is 14.4 Å². The van der Waals surface area contributed by atoms with Crippen molar-refractivity contribution in [2.75, 3.05) is 11.9 Å². The Kier molecular flexibility index (Phi) is 5.04. The number of hydrogen-bond acceptors (Lipinski definition) is 4. The van der Waals surface area contributed by atoms with Crippen LogP contribution < -0.4 is 10.9 Å². The number of aryl methyl sites for hydroxylation is 1. The van der Waals surface area contributed by atoms with Gasteiger partial charge in [0.25, 0.3) is 5.91 Å². The second-order valence-electron chi connectivity index (χ2n) is 5.70. The Labute approximate surface area is 153 Å². The van der Waals surface area contributed by atoms with Crippen LogP contribution in [-0.4, -0.2) is 23.5 Å². The van der Waals surface area contributed by atoms with Crippen LogP contribution in [-0.2, 0) is 9.53 Å². The molecule has 7 heteroatoms. The van der Waals surface area contributed by atoms with Crippen molar-refractivity contribution in [2.24, 2.45) is 0 Å². The number of aromatic nitrogens is 1. The summed E-state index contributed by atoms with van der Waals surface area (Å²) in [6.07, 6.45) is 0. The first-order valence-corrected chi connectivity index (χ1v) is 8.17. The van der Waals surface area contributed by atoms with Gasteiger partial charge in [0.1, 0.15) is 0 Å². The molecule has 2 N–H and O–H groups in total. The lowest BCUT2D eigenvalue weighted by atomic mass is 10.1. The summed E-state index contributed by atoms with van der Waals surface area (Å²) in [5.41, 5.74) is 1.58. The highest BCUT2D eigenvalue weighted by molar-refractivity contribution is 6.33. The van der Waals surface area contributed by atoms with Gasteiger partial charge < -0.3 is 15.0 Å². The molecule has 2 aromatic carbocycles. The minimum Gasteiger partial charge on any atom is -0.452 e. The molecule has 0 unspecified atom stereocenters. The number of carbonyl (C=O) groups is 2. The number of carbonyl (C=O) groups excluding carboxylic acids is 2. The van der Waals surface area contributed by atoms with Gasteiger partial charge in [-0.3, -0.25) is 9.59 Å². The molecule has 0 saturated carbocycles. The van der Waals surface area contributed by atoms with Crippen molar-refractivity contribution in [3.05, 3.63) is 75.0 Å². The lowest BCUT2D eigenvalue weighted by Gasteiger charge is -2.09. The van der Waals surface area contributed by atoms with Gasteiger partial charge >= 0.3 is 5.97 Å². The molecule has 0 bridgehead atoms. The fraction of sp³-hybridized carbons (Fsp3) is 0.105. The molecular weight excluding hydrogens is 356 g/mol. The van der Waals surface area contributed by atoms with Crippen LogP contribution in [0.5, 0.6) is 0 Å². The number of aromatic amines is 1. The van der Waals surface area contributed by atoms with Gasteiger partial charge in [0.15, 0.2) is 6.61 Å². The van der Waals surface area contributed by atoms with Gasteiger partial charge in [-0.05, 0) is 30.7 Å². The number of benzene rings is 2. The summed E-state index contributed by atoms with van der Waals surface area (Å²) >= 11 is 6.05. The van der Waals surface area contributed by atoms with Crippen LogP contribution in [0.4, 0.5) is 5.69 Å². The first-order chi connectivity index (χ1) is 12.4. The van der Waals surface area contributed by atoms with Crippen molar-refractivity contribution in [1.82, 2.24) is 4.98 Å². The lowest BCUT2D eigenvalue weighted by molar-refractivity contribution is -0.119. The van der Waals surface area contributed by atoms with Gasteiger partial charge in [-0.25, -0.2) is 4.79 Å². The predicted molar refractivity (Wildman–Crippen MR) is 99.7 cm³/mol. The fourth-order valence-corrected chi connectivity index (χ4v) is 2.77. The summed E-state index contributed by atoms with van der Waals surface area (Å²) in [5, 5.41) is 3.51. The molecule has 0 saturated heterocycles. The standard InChI is InChI=1S/C19H15ClN2O4/c1-11-6-7-16(14(20)8-11)22-18(24)10-26-19(25)13-9-17(23)21-15-5-3-2-4-12(13)15/h2-9H,10H2,1H3,(H,21,23)(H,22,24). The quantitative estimate of drug-likeness (QED) is 0.690. The zero-order valence-electron chi connectivity index (χ0n) is 13.8. The van der Waals surface area contributed by atoms with Crippen LogP contribution >= 0.6 is 11.6 Å². The highest BCUT2D eigenvalue weighted by atomic mass is 35.5. The van der Waals surface area contributed by atoms with Crippen LogP contribution in [0, 0.1) is 6.92 Å². The maximum absolute atomic E-state index is 12.3. The third kappa shape index (κ3) is 3.92. The number of halogens is 1. The first-order valence-electron chi connectivity index (χ1n) is 7.79. The molecule has 1 amide bonds. The molecule has 3 rings (SSSR count). The maximum atomic E-state index is 12.3. The third-order valence-electron chi connectivity index (χ3n) is 3.70. The summed E-state index contributed by atoms with van der Waals surface area (Å²) in [6, 6.07) is 13.2. The fourth-order valence-electron chi connectivity index (χ4n) is 2.49. The Morgan fingerprint density at radius 3 is 2.69 bits per heavy atom. The summed E-state index contributed by atoms with van der Waals surface area (Å²) in [6.45, 7) is 1.38. The molecule has 0 atom stereocenters. The summed E-state index contributed by atoms with van der Waals surface area (Å²) in [4.78, 5) is 38.6. The SMILES string of the molecule is Cc1ccc(NC(=O)COC(=O)c2cc(=O)[nH]c3ccccc23)c(Cl)c1. The molecule has 0 radical (unpaired) electrons.